The number of aryl methyl sites for hydroxylation is 1. The second-order valence-corrected chi connectivity index (χ2v) is 6.25. The Morgan fingerprint density at radius 1 is 1.12 bits per heavy atom. The number of amides is 2. The molecular formula is C21H26N2O3. The Morgan fingerprint density at radius 2 is 1.85 bits per heavy atom. The van der Waals surface area contributed by atoms with E-state index in [2.05, 4.69) is 6.58 Å². The molecular weight excluding hydrogens is 328 g/mol. The van der Waals surface area contributed by atoms with Crippen molar-refractivity contribution in [3.63, 3.8) is 0 Å². The SMILES string of the molecule is C=CCN(CC(=O)N(CCc1ccccc1)Cc1ccc(C)o1)C(C)=O. The predicted molar refractivity (Wildman–Crippen MR) is 101 cm³/mol. The molecule has 0 aliphatic heterocycles. The van der Waals surface area contributed by atoms with Gasteiger partial charge in [-0.2, -0.15) is 0 Å². The Balaban J connectivity index is 2.08. The van der Waals surface area contributed by atoms with Crippen LogP contribution in [0.25, 0.3) is 0 Å². The molecule has 0 saturated heterocycles. The van der Waals surface area contributed by atoms with Gasteiger partial charge in [0.1, 0.15) is 18.1 Å². The van der Waals surface area contributed by atoms with Crippen LogP contribution in [0.5, 0.6) is 0 Å². The monoisotopic (exact) mass is 354 g/mol. The molecule has 1 aromatic carbocycles. The van der Waals surface area contributed by atoms with Crippen molar-refractivity contribution in [2.75, 3.05) is 19.6 Å². The minimum atomic E-state index is -0.143. The minimum absolute atomic E-state index is 0.0375. The second-order valence-electron chi connectivity index (χ2n) is 6.25. The van der Waals surface area contributed by atoms with E-state index in [0.717, 1.165) is 23.5 Å². The highest BCUT2D eigenvalue weighted by Crippen LogP contribution is 2.12. The Kier molecular flexibility index (Phi) is 7.21. The Bertz CT molecular complexity index is 737. The van der Waals surface area contributed by atoms with E-state index in [1.807, 2.05) is 49.4 Å². The molecule has 0 fully saturated rings. The van der Waals surface area contributed by atoms with Crippen molar-refractivity contribution in [3.05, 3.63) is 72.2 Å². The Morgan fingerprint density at radius 3 is 2.42 bits per heavy atom. The van der Waals surface area contributed by atoms with Gasteiger partial charge in [0.25, 0.3) is 0 Å². The van der Waals surface area contributed by atoms with Gasteiger partial charge < -0.3 is 14.2 Å². The van der Waals surface area contributed by atoms with Crippen LogP contribution in [0.2, 0.25) is 0 Å². The Hall–Kier alpha value is -2.82. The lowest BCUT2D eigenvalue weighted by atomic mass is 10.1. The molecule has 1 heterocycles. The first-order valence-electron chi connectivity index (χ1n) is 8.73. The molecule has 1 aromatic heterocycles. The van der Waals surface area contributed by atoms with Gasteiger partial charge in [-0.05, 0) is 31.0 Å². The number of nitrogens with zero attached hydrogens (tertiary/aromatic N) is 2. The van der Waals surface area contributed by atoms with E-state index in [9.17, 15) is 9.59 Å². The average molecular weight is 354 g/mol. The minimum Gasteiger partial charge on any atom is -0.464 e. The first kappa shape index (κ1) is 19.5. The van der Waals surface area contributed by atoms with Crippen molar-refractivity contribution in [3.8, 4) is 0 Å². The highest BCUT2D eigenvalue weighted by molar-refractivity contribution is 5.84. The van der Waals surface area contributed by atoms with Gasteiger partial charge in [0.15, 0.2) is 0 Å². The molecule has 0 unspecified atom stereocenters. The molecule has 2 aromatic rings. The van der Waals surface area contributed by atoms with Crippen molar-refractivity contribution >= 4 is 11.8 Å². The van der Waals surface area contributed by atoms with Gasteiger partial charge in [-0.1, -0.05) is 36.4 Å². The number of hydrogen-bond acceptors (Lipinski definition) is 3. The van der Waals surface area contributed by atoms with Gasteiger partial charge in [0.2, 0.25) is 11.8 Å². The van der Waals surface area contributed by atoms with Gasteiger partial charge in [-0.15, -0.1) is 6.58 Å². The quantitative estimate of drug-likeness (QED) is 0.650. The number of rotatable bonds is 9. The molecule has 0 saturated carbocycles. The summed E-state index contributed by atoms with van der Waals surface area (Å²) in [7, 11) is 0. The van der Waals surface area contributed by atoms with Crippen LogP contribution in [0.3, 0.4) is 0 Å². The summed E-state index contributed by atoms with van der Waals surface area (Å²) >= 11 is 0. The number of carbonyl (C=O) groups excluding carboxylic acids is 2. The summed E-state index contributed by atoms with van der Waals surface area (Å²) in [6.45, 7) is 8.32. The van der Waals surface area contributed by atoms with Gasteiger partial charge in [-0.3, -0.25) is 9.59 Å². The first-order valence-corrected chi connectivity index (χ1v) is 8.73. The molecule has 0 radical (unpaired) electrons. The largest absolute Gasteiger partial charge is 0.464 e. The lowest BCUT2D eigenvalue weighted by Crippen LogP contribution is -2.42. The highest BCUT2D eigenvalue weighted by atomic mass is 16.3. The fourth-order valence-corrected chi connectivity index (χ4v) is 2.68. The maximum atomic E-state index is 12.8. The zero-order chi connectivity index (χ0) is 18.9. The molecule has 2 rings (SSSR count). The number of hydrogen-bond donors (Lipinski definition) is 0. The van der Waals surface area contributed by atoms with Crippen LogP contribution < -0.4 is 0 Å². The van der Waals surface area contributed by atoms with Crippen molar-refractivity contribution in [1.82, 2.24) is 9.80 Å². The smallest absolute Gasteiger partial charge is 0.242 e. The van der Waals surface area contributed by atoms with Crippen LogP contribution in [0.1, 0.15) is 24.0 Å². The summed E-state index contributed by atoms with van der Waals surface area (Å²) in [6, 6.07) is 13.8. The van der Waals surface area contributed by atoms with Crippen molar-refractivity contribution in [2.45, 2.75) is 26.8 Å². The second kappa shape index (κ2) is 9.61. The van der Waals surface area contributed by atoms with Crippen molar-refractivity contribution < 1.29 is 14.0 Å². The fraction of sp³-hybridized carbons (Fsp3) is 0.333. The van der Waals surface area contributed by atoms with Crippen molar-refractivity contribution in [1.29, 1.82) is 0 Å². The van der Waals surface area contributed by atoms with Crippen LogP contribution in [0.15, 0.2) is 59.5 Å². The summed E-state index contributed by atoms with van der Waals surface area (Å²) in [4.78, 5) is 27.8. The summed E-state index contributed by atoms with van der Waals surface area (Å²) < 4.78 is 5.63. The van der Waals surface area contributed by atoms with E-state index in [-0.39, 0.29) is 18.4 Å². The van der Waals surface area contributed by atoms with E-state index in [0.29, 0.717) is 19.6 Å². The average Bonchev–Trinajstić information content (AvgIpc) is 3.03. The molecule has 138 valence electrons. The normalized spacial score (nSPS) is 10.4. The highest BCUT2D eigenvalue weighted by Gasteiger charge is 2.20. The third-order valence-corrected chi connectivity index (χ3v) is 4.13. The summed E-state index contributed by atoms with van der Waals surface area (Å²) in [5.74, 6) is 1.30. The molecule has 0 aliphatic carbocycles. The van der Waals surface area contributed by atoms with Crippen LogP contribution >= 0.6 is 0 Å². The van der Waals surface area contributed by atoms with Gasteiger partial charge >= 0.3 is 0 Å². The number of carbonyl (C=O) groups is 2. The first-order chi connectivity index (χ1) is 12.5. The third kappa shape index (κ3) is 5.92. The van der Waals surface area contributed by atoms with E-state index in [4.69, 9.17) is 4.42 Å². The lowest BCUT2D eigenvalue weighted by molar-refractivity contribution is -0.139. The van der Waals surface area contributed by atoms with Crippen LogP contribution in [0, 0.1) is 6.92 Å². The molecule has 5 nitrogen and oxygen atoms in total. The van der Waals surface area contributed by atoms with E-state index >= 15 is 0 Å². The zero-order valence-corrected chi connectivity index (χ0v) is 15.5. The van der Waals surface area contributed by atoms with E-state index in [1.165, 1.54) is 11.8 Å². The molecule has 0 bridgehead atoms. The lowest BCUT2D eigenvalue weighted by Gasteiger charge is -2.26. The summed E-state index contributed by atoms with van der Waals surface area (Å²) in [5.41, 5.74) is 1.16. The maximum Gasteiger partial charge on any atom is 0.242 e. The molecule has 2 amide bonds. The third-order valence-electron chi connectivity index (χ3n) is 4.13. The number of furan rings is 1. The summed E-state index contributed by atoms with van der Waals surface area (Å²) in [6.07, 6.45) is 2.37. The maximum absolute atomic E-state index is 12.8. The predicted octanol–water partition coefficient (Wildman–Crippen LogP) is 3.19. The van der Waals surface area contributed by atoms with Gasteiger partial charge in [0.05, 0.1) is 6.54 Å². The fourth-order valence-electron chi connectivity index (χ4n) is 2.68. The van der Waals surface area contributed by atoms with Gasteiger partial charge in [-0.25, -0.2) is 0 Å². The van der Waals surface area contributed by atoms with Crippen molar-refractivity contribution in [2.24, 2.45) is 0 Å². The van der Waals surface area contributed by atoms with Crippen LogP contribution in [-0.4, -0.2) is 41.2 Å². The van der Waals surface area contributed by atoms with E-state index < -0.39 is 0 Å². The molecule has 0 N–H and O–H groups in total. The van der Waals surface area contributed by atoms with Crippen LogP contribution in [-0.2, 0) is 22.6 Å². The molecule has 26 heavy (non-hydrogen) atoms. The number of benzene rings is 1. The van der Waals surface area contributed by atoms with E-state index in [1.54, 1.807) is 11.0 Å². The molecule has 0 spiro atoms. The molecule has 0 aliphatic rings. The Labute approximate surface area is 154 Å². The molecule has 0 atom stereocenters. The standard InChI is InChI=1S/C21H26N2O3/c1-4-13-22(18(3)24)16-21(25)23(15-20-11-10-17(2)26-20)14-12-19-8-6-5-7-9-19/h4-11H,1,12-16H2,2-3H3. The molecule has 5 heteroatoms. The van der Waals surface area contributed by atoms with Gasteiger partial charge in [0, 0.05) is 20.0 Å². The topological polar surface area (TPSA) is 53.8 Å². The summed E-state index contributed by atoms with van der Waals surface area (Å²) in [5, 5.41) is 0. The zero-order valence-electron chi connectivity index (χ0n) is 15.5. The van der Waals surface area contributed by atoms with Crippen LogP contribution in [0.4, 0.5) is 0 Å².